The second-order valence-electron chi connectivity index (χ2n) is 11.0. The molecule has 31 heavy (non-hydrogen) atoms. The Morgan fingerprint density at radius 1 is 1.13 bits per heavy atom. The third-order valence-electron chi connectivity index (χ3n) is 8.13. The minimum absolute atomic E-state index is 0.000718. The van der Waals surface area contributed by atoms with Gasteiger partial charge in [-0.05, 0) is 77.9 Å². The van der Waals surface area contributed by atoms with E-state index < -0.39 is 5.41 Å². The topological polar surface area (TPSA) is 69.9 Å². The normalized spacial score (nSPS) is 29.3. The number of carbonyl (C=O) groups excluding carboxylic acids is 2. The lowest BCUT2D eigenvalue weighted by atomic mass is 9.68. The Morgan fingerprint density at radius 3 is 2.26 bits per heavy atom. The van der Waals surface area contributed by atoms with Crippen molar-refractivity contribution in [3.05, 3.63) is 35.9 Å². The number of nitrogens with two attached hydrogens (primary N) is 1. The number of carbonyl (C=O) groups is 2. The number of benzene rings is 1. The molecule has 6 nitrogen and oxygen atoms in total. The van der Waals surface area contributed by atoms with Crippen LogP contribution in [0.2, 0.25) is 0 Å². The van der Waals surface area contributed by atoms with E-state index in [1.54, 1.807) is 0 Å². The number of hydrogen-bond donors (Lipinski definition) is 1. The van der Waals surface area contributed by atoms with E-state index in [4.69, 9.17) is 5.73 Å². The Labute approximate surface area is 186 Å². The molecule has 1 saturated heterocycles. The molecule has 1 spiro atoms. The van der Waals surface area contributed by atoms with Crippen molar-refractivity contribution in [1.82, 2.24) is 14.7 Å². The predicted molar refractivity (Wildman–Crippen MR) is 122 cm³/mol. The fraction of sp³-hybridized carbons (Fsp3) is 0.680. The molecule has 2 aliphatic carbocycles. The van der Waals surface area contributed by atoms with Gasteiger partial charge in [0, 0.05) is 25.2 Å². The molecule has 170 valence electrons. The van der Waals surface area contributed by atoms with Crippen molar-refractivity contribution >= 4 is 11.9 Å². The Bertz CT molecular complexity index is 823. The van der Waals surface area contributed by atoms with Crippen molar-refractivity contribution in [2.24, 2.45) is 17.1 Å². The van der Waals surface area contributed by atoms with E-state index in [1.807, 2.05) is 18.7 Å². The molecule has 0 radical (unpaired) electrons. The van der Waals surface area contributed by atoms with Gasteiger partial charge in [0.25, 0.3) is 0 Å². The van der Waals surface area contributed by atoms with Crippen LogP contribution in [0.3, 0.4) is 0 Å². The molecule has 0 unspecified atom stereocenters. The van der Waals surface area contributed by atoms with Crippen LogP contribution < -0.4 is 5.73 Å². The molecule has 1 aromatic carbocycles. The van der Waals surface area contributed by atoms with Crippen LogP contribution in [0.25, 0.3) is 0 Å². The fourth-order valence-electron chi connectivity index (χ4n) is 5.69. The van der Waals surface area contributed by atoms with Crippen molar-refractivity contribution < 1.29 is 9.59 Å². The number of hydrogen-bond acceptors (Lipinski definition) is 3. The van der Waals surface area contributed by atoms with E-state index in [0.29, 0.717) is 19.0 Å². The van der Waals surface area contributed by atoms with Gasteiger partial charge in [-0.1, -0.05) is 30.3 Å². The Balaban J connectivity index is 1.59. The van der Waals surface area contributed by atoms with E-state index in [0.717, 1.165) is 32.2 Å². The highest BCUT2D eigenvalue weighted by Crippen LogP contribution is 2.50. The molecule has 4 rings (SSSR count). The Kier molecular flexibility index (Phi) is 5.57. The van der Waals surface area contributed by atoms with Gasteiger partial charge in [-0.3, -0.25) is 9.69 Å². The first-order chi connectivity index (χ1) is 14.6. The summed E-state index contributed by atoms with van der Waals surface area (Å²) in [6.07, 6.45) is 6.44. The van der Waals surface area contributed by atoms with Crippen LogP contribution in [-0.2, 0) is 10.3 Å². The summed E-state index contributed by atoms with van der Waals surface area (Å²) in [7, 11) is 4.35. The summed E-state index contributed by atoms with van der Waals surface area (Å²) in [5, 5.41) is 0. The lowest BCUT2D eigenvalue weighted by molar-refractivity contribution is -0.126. The number of amides is 3. The molecule has 0 bridgehead atoms. The first-order valence-corrected chi connectivity index (χ1v) is 11.7. The average Bonchev–Trinajstić information content (AvgIpc) is 3.52. The smallest absolute Gasteiger partial charge is 0.320 e. The van der Waals surface area contributed by atoms with E-state index in [9.17, 15) is 9.59 Å². The predicted octanol–water partition coefficient (Wildman–Crippen LogP) is 3.42. The van der Waals surface area contributed by atoms with Crippen LogP contribution in [0.5, 0.6) is 0 Å². The molecular weight excluding hydrogens is 388 g/mol. The highest BCUT2D eigenvalue weighted by molar-refractivity contribution is 5.83. The largest absolute Gasteiger partial charge is 0.369 e. The lowest BCUT2D eigenvalue weighted by Gasteiger charge is -2.51. The second kappa shape index (κ2) is 7.80. The second-order valence-corrected chi connectivity index (χ2v) is 11.0. The number of nitrogens with zero attached hydrogens (tertiary/aromatic N) is 3. The van der Waals surface area contributed by atoms with Gasteiger partial charge >= 0.3 is 6.03 Å². The lowest BCUT2D eigenvalue weighted by Crippen LogP contribution is -2.55. The van der Waals surface area contributed by atoms with Gasteiger partial charge < -0.3 is 15.5 Å². The molecule has 0 atom stereocenters. The summed E-state index contributed by atoms with van der Waals surface area (Å²) >= 11 is 0. The molecule has 6 heteroatoms. The third-order valence-corrected chi connectivity index (χ3v) is 8.13. The molecule has 3 amide bonds. The molecule has 1 aliphatic heterocycles. The van der Waals surface area contributed by atoms with E-state index in [1.165, 1.54) is 18.4 Å². The van der Waals surface area contributed by atoms with Crippen LogP contribution in [0.1, 0.15) is 57.9 Å². The minimum atomic E-state index is -0.724. The molecule has 2 N–H and O–H groups in total. The highest BCUT2D eigenvalue weighted by Gasteiger charge is 2.55. The van der Waals surface area contributed by atoms with Crippen molar-refractivity contribution in [1.29, 1.82) is 0 Å². The average molecular weight is 427 g/mol. The van der Waals surface area contributed by atoms with Gasteiger partial charge in [0.1, 0.15) is 0 Å². The quantitative estimate of drug-likeness (QED) is 0.726. The van der Waals surface area contributed by atoms with Crippen molar-refractivity contribution in [3.8, 4) is 0 Å². The zero-order valence-corrected chi connectivity index (χ0v) is 19.6. The van der Waals surface area contributed by atoms with Crippen molar-refractivity contribution in [2.45, 2.75) is 63.5 Å². The Hall–Kier alpha value is -2.08. The maximum absolute atomic E-state index is 13.5. The van der Waals surface area contributed by atoms with Gasteiger partial charge in [-0.2, -0.15) is 0 Å². The third kappa shape index (κ3) is 3.95. The fourth-order valence-corrected chi connectivity index (χ4v) is 5.69. The maximum atomic E-state index is 13.5. The van der Waals surface area contributed by atoms with E-state index in [-0.39, 0.29) is 23.0 Å². The van der Waals surface area contributed by atoms with Crippen LogP contribution in [-0.4, -0.2) is 65.9 Å². The molecule has 2 saturated carbocycles. The first-order valence-electron chi connectivity index (χ1n) is 11.7. The molecule has 3 fully saturated rings. The van der Waals surface area contributed by atoms with Crippen LogP contribution in [0.4, 0.5) is 4.79 Å². The van der Waals surface area contributed by atoms with Gasteiger partial charge in [0.15, 0.2) is 0 Å². The molecule has 3 aliphatic rings. The summed E-state index contributed by atoms with van der Waals surface area (Å²) in [5.41, 5.74) is 6.13. The van der Waals surface area contributed by atoms with Crippen molar-refractivity contribution in [3.63, 3.8) is 0 Å². The Morgan fingerprint density at radius 2 is 1.74 bits per heavy atom. The number of primary amides is 1. The highest BCUT2D eigenvalue weighted by atomic mass is 16.2. The van der Waals surface area contributed by atoms with E-state index in [2.05, 4.69) is 54.2 Å². The van der Waals surface area contributed by atoms with E-state index >= 15 is 0 Å². The summed E-state index contributed by atoms with van der Waals surface area (Å²) in [4.78, 5) is 31.9. The van der Waals surface area contributed by atoms with Crippen LogP contribution in [0, 0.1) is 11.3 Å². The maximum Gasteiger partial charge on any atom is 0.320 e. The standard InChI is InChI=1S/C25H38N4O2/c1-23(2,21(26)30)17-28-18-24(29(22(28)31)16-19-10-11-19)12-14-25(15-13-24,27(3)4)20-8-6-5-7-9-20/h5-9,19H,10-18H2,1-4H3,(H2,26,30)/t24-,25-. The monoisotopic (exact) mass is 426 g/mol. The van der Waals surface area contributed by atoms with Gasteiger partial charge in [-0.25, -0.2) is 4.79 Å². The molecule has 1 aromatic rings. The van der Waals surface area contributed by atoms with Gasteiger partial charge in [-0.15, -0.1) is 0 Å². The molecule has 0 aromatic heterocycles. The first kappa shape index (κ1) is 22.1. The molecular formula is C25H38N4O2. The van der Waals surface area contributed by atoms with Crippen molar-refractivity contribution in [2.75, 3.05) is 33.7 Å². The zero-order valence-electron chi connectivity index (χ0n) is 19.6. The molecule has 1 heterocycles. The van der Waals surface area contributed by atoms with Crippen LogP contribution in [0.15, 0.2) is 30.3 Å². The van der Waals surface area contributed by atoms with Gasteiger partial charge in [0.05, 0.1) is 11.0 Å². The minimum Gasteiger partial charge on any atom is -0.369 e. The number of urea groups is 1. The number of rotatable bonds is 7. The zero-order chi connectivity index (χ0) is 22.4. The summed E-state index contributed by atoms with van der Waals surface area (Å²) in [6, 6.07) is 10.9. The summed E-state index contributed by atoms with van der Waals surface area (Å²) in [5.74, 6) is 0.286. The summed E-state index contributed by atoms with van der Waals surface area (Å²) < 4.78 is 0. The SMILES string of the molecule is CN(C)[C@]1(c2ccccc2)CC[C@@]2(CC1)CN(CC(C)(C)C(N)=O)C(=O)N2CC1CC1. The van der Waals surface area contributed by atoms with Gasteiger partial charge in [0.2, 0.25) is 5.91 Å². The van der Waals surface area contributed by atoms with Crippen LogP contribution >= 0.6 is 0 Å². The summed E-state index contributed by atoms with van der Waals surface area (Å²) in [6.45, 7) is 5.63.